The molecule has 7 saturated heterocycles. The molecule has 6 aromatic carbocycles. The minimum Gasteiger partial charge on any atom is -0.381 e. The van der Waals surface area contributed by atoms with E-state index in [1.807, 2.05) is 127 Å². The van der Waals surface area contributed by atoms with Crippen LogP contribution in [0, 0.1) is 11.6 Å². The van der Waals surface area contributed by atoms with Crippen molar-refractivity contribution in [2.45, 2.75) is 122 Å². The van der Waals surface area contributed by atoms with E-state index in [4.69, 9.17) is 4.74 Å². The lowest BCUT2D eigenvalue weighted by Gasteiger charge is -2.32. The molecule has 16 heterocycles. The molecule has 0 atom stereocenters. The Bertz CT molecular complexity index is 6800. The Morgan fingerprint density at radius 2 is 0.686 bits per heavy atom. The van der Waals surface area contributed by atoms with Crippen LogP contribution in [0.25, 0.3) is 88.1 Å². The number of piperidine rings is 3. The van der Waals surface area contributed by atoms with Crippen LogP contribution in [0.1, 0.15) is 153 Å². The van der Waals surface area contributed by atoms with Crippen molar-refractivity contribution in [2.75, 3.05) is 153 Å². The molecule has 9 aromatic heterocycles. The fraction of sp³-hybridized carbons (Fsp3) is 0.361. The first-order valence-corrected chi connectivity index (χ1v) is 49.3. The summed E-state index contributed by atoms with van der Waals surface area (Å²) in [6.45, 7) is 23.1. The highest BCUT2D eigenvalue weighted by Gasteiger charge is 2.27. The number of hydrogen-bond donors (Lipinski definition) is 8. The summed E-state index contributed by atoms with van der Waals surface area (Å²) in [7, 11) is 4.34. The van der Waals surface area contributed by atoms with Crippen LogP contribution in [0.15, 0.2) is 207 Å². The third kappa shape index (κ3) is 24.3. The molecule has 0 saturated carbocycles. The zero-order chi connectivity index (χ0) is 95.6. The number of likely N-dealkylation sites (N-methyl/N-ethyl adjacent to an activating group) is 2. The number of carbonyl (C=O) groups is 4. The van der Waals surface area contributed by atoms with Crippen LogP contribution in [0.4, 0.5) is 31.7 Å². The van der Waals surface area contributed by atoms with Gasteiger partial charge in [-0.25, -0.2) is 13.8 Å². The van der Waals surface area contributed by atoms with Crippen LogP contribution in [0.3, 0.4) is 0 Å². The topological polar surface area (TPSA) is 331 Å². The molecule has 0 aliphatic carbocycles. The molecule has 140 heavy (non-hydrogen) atoms. The molecule has 8 N–H and O–H groups in total. The number of pyridine rings is 5. The van der Waals surface area contributed by atoms with Gasteiger partial charge >= 0.3 is 0 Å². The van der Waals surface area contributed by atoms with E-state index in [0.29, 0.717) is 52.6 Å². The van der Waals surface area contributed by atoms with Gasteiger partial charge in [-0.1, -0.05) is 61.7 Å². The molecule has 4 amide bonds. The summed E-state index contributed by atoms with van der Waals surface area (Å²) in [5.74, 6) is -1.68. The van der Waals surface area contributed by atoms with E-state index in [1.54, 1.807) is 12.1 Å². The number of benzene rings is 6. The fourth-order valence-corrected chi connectivity index (χ4v) is 19.6. The second-order valence-corrected chi connectivity index (χ2v) is 38.0. The van der Waals surface area contributed by atoms with Gasteiger partial charge in [0.25, 0.3) is 23.6 Å². The Morgan fingerprint density at radius 3 is 1.06 bits per heavy atom. The van der Waals surface area contributed by atoms with Crippen molar-refractivity contribution in [3.8, 4) is 44.5 Å². The summed E-state index contributed by atoms with van der Waals surface area (Å²) in [6, 6.07) is 48.0. The smallest absolute Gasteiger partial charge is 0.276 e. The number of piperazine rings is 2. The first-order chi connectivity index (χ1) is 68.5. The minimum atomic E-state index is -0.439. The molecular weight excluding hydrogens is 1770 g/mol. The maximum Gasteiger partial charge on any atom is 0.276 e. The van der Waals surface area contributed by atoms with E-state index in [2.05, 4.69) is 184 Å². The molecule has 7 aliphatic rings. The minimum absolute atomic E-state index is 0.132. The van der Waals surface area contributed by atoms with Crippen molar-refractivity contribution in [2.24, 2.45) is 0 Å². The van der Waals surface area contributed by atoms with Crippen LogP contribution in [-0.2, 0) is 37.5 Å². The standard InChI is InChI=1S/C31H38N8O.C28H30FN7O.C25H24FN5O.C24H29N5O2/c1-36-9-13-38(14-10-36)21-23-3-6-27(7-4-23)33-31(40)30-28-18-25(5-8-29(28)34-35-30)26-17-24(19-32-20-26)22-39-15-11-37(2)12-16-39;29-24-14-22(17-31-27(24)36-10-4-5-11-36)32-28(37)26-23-13-20(6-7-25(23)33-34-26)21-12-19(15-30-16-21)18-35-8-2-1-3-9-35;26-20-5-4-6-21(13-20)28-25(32)24-22-12-18(7-8-23(22)29-30-24)19-11-17(14-27-15-19)16-31-9-2-1-3-10-31;30-24(26-20-6-10-31-11-7-20)23-21-13-18(4-5-22(21)27-28-23)19-12-17(14-25-15-19)16-29-8-2-1-3-9-29/h3-8,17-20H,9-16,21-22H2,1-2H3,(H,33,40)(H,34,35);6-7,12-17H,1-5,8-11,18H2,(H,32,37)(H,33,34);4-8,11-15H,1-3,9-10,16H2,(H,28,32)(H,29,30);4-5,12-15,20H,1-3,6-11,16H2,(H,26,30)(H,27,28). The quantitative estimate of drug-likeness (QED) is 0.0295. The number of aromatic nitrogens is 13. The molecule has 15 aromatic rings. The van der Waals surface area contributed by atoms with Gasteiger partial charge in [0.1, 0.15) is 5.82 Å². The maximum absolute atomic E-state index is 14.7. The number of anilines is 4. The van der Waals surface area contributed by atoms with Crippen molar-refractivity contribution in [1.29, 1.82) is 0 Å². The Labute approximate surface area is 812 Å². The number of ether oxygens (including phenoxy) is 1. The van der Waals surface area contributed by atoms with Crippen LogP contribution in [0.5, 0.6) is 0 Å². The molecule has 0 bridgehead atoms. The molecule has 722 valence electrons. The van der Waals surface area contributed by atoms with Gasteiger partial charge in [0.2, 0.25) is 0 Å². The number of rotatable bonds is 23. The second kappa shape index (κ2) is 45.4. The number of nitrogens with one attached hydrogen (secondary N) is 8. The maximum atomic E-state index is 14.7. The molecule has 0 spiro atoms. The highest BCUT2D eigenvalue weighted by Crippen LogP contribution is 2.35. The molecule has 7 aliphatic heterocycles. The van der Waals surface area contributed by atoms with E-state index < -0.39 is 23.4 Å². The lowest BCUT2D eigenvalue weighted by molar-refractivity contribution is 0.0694. The third-order valence-corrected chi connectivity index (χ3v) is 27.5. The number of amides is 4. The normalized spacial score (nSPS) is 16.8. The van der Waals surface area contributed by atoms with Gasteiger partial charge in [0, 0.05) is 228 Å². The zero-order valence-electron chi connectivity index (χ0n) is 79.6. The largest absolute Gasteiger partial charge is 0.381 e. The van der Waals surface area contributed by atoms with Crippen LogP contribution >= 0.6 is 0 Å². The summed E-state index contributed by atoms with van der Waals surface area (Å²) >= 11 is 0. The highest BCUT2D eigenvalue weighted by molar-refractivity contribution is 6.14. The Morgan fingerprint density at radius 1 is 0.336 bits per heavy atom. The Hall–Kier alpha value is -13.8. The lowest BCUT2D eigenvalue weighted by atomic mass is 10.0. The number of H-pyrrole nitrogens is 4. The van der Waals surface area contributed by atoms with Crippen LogP contribution in [0.2, 0.25) is 0 Å². The number of nitrogens with zero attached hydrogens (tertiary/aromatic N) is 17. The first kappa shape index (κ1) is 95.1. The van der Waals surface area contributed by atoms with Gasteiger partial charge in [-0.15, -0.1) is 0 Å². The first-order valence-electron chi connectivity index (χ1n) is 49.3. The number of fused-ring (bicyclic) bond motifs is 4. The van der Waals surface area contributed by atoms with Crippen LogP contribution < -0.4 is 26.2 Å². The number of halogens is 2. The monoisotopic (exact) mass is 1890 g/mol. The number of carbonyl (C=O) groups excluding carboxylic acids is 4. The summed E-state index contributed by atoms with van der Waals surface area (Å²) in [5, 5.41) is 43.6. The van der Waals surface area contributed by atoms with Crippen LogP contribution in [-0.4, -0.2) is 262 Å². The van der Waals surface area contributed by atoms with E-state index in [0.717, 1.165) is 246 Å². The predicted molar refractivity (Wildman–Crippen MR) is 544 cm³/mol. The Balaban J connectivity index is 0.000000119. The second-order valence-electron chi connectivity index (χ2n) is 38.0. The van der Waals surface area contributed by atoms with Crippen molar-refractivity contribution in [3.63, 3.8) is 0 Å². The van der Waals surface area contributed by atoms with Crippen molar-refractivity contribution >= 4 is 90.1 Å². The fourth-order valence-electron chi connectivity index (χ4n) is 19.6. The lowest BCUT2D eigenvalue weighted by Crippen LogP contribution is -2.43. The summed E-state index contributed by atoms with van der Waals surface area (Å²) in [6.07, 6.45) is 32.0. The van der Waals surface area contributed by atoms with Gasteiger partial charge in [0.05, 0.1) is 34.0 Å². The third-order valence-electron chi connectivity index (χ3n) is 27.5. The molecule has 0 radical (unpaired) electrons. The van der Waals surface area contributed by atoms with E-state index in [1.165, 1.54) is 110 Å². The molecule has 0 unspecified atom stereocenters. The summed E-state index contributed by atoms with van der Waals surface area (Å²) in [5.41, 5.74) is 20.1. The van der Waals surface area contributed by atoms with Gasteiger partial charge in [0.15, 0.2) is 34.4 Å². The van der Waals surface area contributed by atoms with Gasteiger partial charge in [-0.2, -0.15) is 20.4 Å². The van der Waals surface area contributed by atoms with Crippen molar-refractivity contribution in [3.05, 3.63) is 270 Å². The van der Waals surface area contributed by atoms with E-state index >= 15 is 0 Å². The highest BCUT2D eigenvalue weighted by atomic mass is 19.1. The number of hydrogen-bond acceptors (Lipinski definition) is 22. The summed E-state index contributed by atoms with van der Waals surface area (Å²) in [4.78, 5) is 93.2. The van der Waals surface area contributed by atoms with E-state index in [-0.39, 0.29) is 29.2 Å². The van der Waals surface area contributed by atoms with Crippen molar-refractivity contribution in [1.82, 2.24) is 105 Å². The van der Waals surface area contributed by atoms with Gasteiger partial charge < -0.3 is 40.7 Å². The molecule has 7 fully saturated rings. The number of likely N-dealkylation sites (tertiary alicyclic amines) is 3. The SMILES string of the molecule is CN1CCN(Cc2ccc(NC(=O)c3n[nH]c4ccc(-c5cncc(CN6CCN(C)CC6)c5)cc34)cc2)CC1.O=C(NC1CCOCC1)c1n[nH]c2ccc(-c3cncc(CN4CCCCC4)c3)cc12.O=C(Nc1cccc(F)c1)c1n[nH]c2ccc(-c3cncc(CN4CCCCC4)c3)cc12.O=C(Nc1cnc(N2CCCC2)c(F)c1)c1n[nH]c2ccc(-c3cncc(CN4CCCCC4)c3)cc12. The summed E-state index contributed by atoms with van der Waals surface area (Å²) < 4.78 is 33.5. The molecular formula is C108H121F2N25O5. The van der Waals surface area contributed by atoms with Crippen molar-refractivity contribution < 1.29 is 32.7 Å². The van der Waals surface area contributed by atoms with Gasteiger partial charge in [-0.3, -0.25) is 84.0 Å². The van der Waals surface area contributed by atoms with E-state index in [9.17, 15) is 28.0 Å². The zero-order valence-corrected chi connectivity index (χ0v) is 79.6. The average Bonchev–Trinajstić information content (AvgIpc) is 1.63. The molecule has 30 nitrogen and oxygen atoms in total. The van der Waals surface area contributed by atoms with Gasteiger partial charge in [-0.05, 0) is 271 Å². The predicted octanol–water partition coefficient (Wildman–Crippen LogP) is 16.9. The average molecular weight is 1890 g/mol. The number of aromatic amines is 4. The Kier molecular flexibility index (Phi) is 30.8. The molecule has 22 rings (SSSR count). The molecule has 32 heteroatoms.